The smallest absolute Gasteiger partial charge is 0.311 e. The molecule has 0 aliphatic heterocycles. The predicted octanol–water partition coefficient (Wildman–Crippen LogP) is 5.70. The number of nitrogens with zero attached hydrogens (tertiary/aromatic N) is 1. The van der Waals surface area contributed by atoms with Gasteiger partial charge in [-0.05, 0) is 30.7 Å². The Hall–Kier alpha value is -1.69. The maximum atomic E-state index is 11.0. The van der Waals surface area contributed by atoms with E-state index in [1.807, 2.05) is 0 Å². The summed E-state index contributed by atoms with van der Waals surface area (Å²) in [5.74, 6) is 1.27. The molecular weight excluding hydrogens is 365 g/mol. The third-order valence-corrected chi connectivity index (χ3v) is 3.58. The lowest BCUT2D eigenvalue weighted by molar-refractivity contribution is -0.385. The van der Waals surface area contributed by atoms with Crippen molar-refractivity contribution >= 4 is 40.5 Å². The van der Waals surface area contributed by atoms with Crippen molar-refractivity contribution in [3.63, 3.8) is 0 Å². The van der Waals surface area contributed by atoms with E-state index >= 15 is 0 Å². The Kier molecular flexibility index (Phi) is 6.33. The van der Waals surface area contributed by atoms with E-state index in [9.17, 15) is 10.1 Å². The predicted molar refractivity (Wildman–Crippen MR) is 90.5 cm³/mol. The molecule has 0 heterocycles. The molecule has 0 spiro atoms. The molecule has 0 aliphatic rings. The number of halogens is 3. The van der Waals surface area contributed by atoms with E-state index in [2.05, 4.69) is 0 Å². The first-order valence-electron chi connectivity index (χ1n) is 6.61. The number of alkyl halides is 1. The summed E-state index contributed by atoms with van der Waals surface area (Å²) in [7, 11) is 0. The Morgan fingerprint density at radius 2 is 1.87 bits per heavy atom. The van der Waals surface area contributed by atoms with Crippen LogP contribution in [-0.4, -0.2) is 17.4 Å². The van der Waals surface area contributed by atoms with E-state index in [0.717, 1.165) is 0 Å². The minimum absolute atomic E-state index is 0.114. The van der Waals surface area contributed by atoms with Gasteiger partial charge in [0.2, 0.25) is 5.75 Å². The van der Waals surface area contributed by atoms with Gasteiger partial charge in [-0.2, -0.15) is 0 Å². The van der Waals surface area contributed by atoms with Crippen LogP contribution in [0.3, 0.4) is 0 Å². The highest BCUT2D eigenvalue weighted by molar-refractivity contribution is 6.35. The van der Waals surface area contributed by atoms with Crippen LogP contribution in [0.2, 0.25) is 10.0 Å². The zero-order valence-corrected chi connectivity index (χ0v) is 14.1. The molecule has 0 saturated heterocycles. The number of nitro benzene ring substituents is 1. The quantitative estimate of drug-likeness (QED) is 0.269. The highest BCUT2D eigenvalue weighted by Crippen LogP contribution is 2.36. The minimum atomic E-state index is -0.519. The number of ether oxygens (including phenoxy) is 2. The molecule has 0 N–H and O–H groups in total. The van der Waals surface area contributed by atoms with Crippen molar-refractivity contribution in [3.8, 4) is 17.2 Å². The van der Waals surface area contributed by atoms with Gasteiger partial charge in [-0.25, -0.2) is 0 Å². The monoisotopic (exact) mass is 375 g/mol. The first-order valence-corrected chi connectivity index (χ1v) is 7.90. The van der Waals surface area contributed by atoms with Gasteiger partial charge in [-0.15, -0.1) is 11.6 Å². The molecule has 0 atom stereocenters. The fraction of sp³-hybridized carbons (Fsp3) is 0.200. The summed E-state index contributed by atoms with van der Waals surface area (Å²) in [4.78, 5) is 10.5. The van der Waals surface area contributed by atoms with E-state index in [1.165, 1.54) is 18.2 Å². The first-order chi connectivity index (χ1) is 11.0. The van der Waals surface area contributed by atoms with Crippen LogP contribution in [0.4, 0.5) is 5.69 Å². The molecule has 0 amide bonds. The van der Waals surface area contributed by atoms with E-state index in [-0.39, 0.29) is 18.0 Å². The maximum absolute atomic E-state index is 11.0. The van der Waals surface area contributed by atoms with Crippen molar-refractivity contribution in [1.29, 1.82) is 0 Å². The van der Waals surface area contributed by atoms with Crippen LogP contribution in [0.1, 0.15) is 6.42 Å². The molecule has 23 heavy (non-hydrogen) atoms. The zero-order chi connectivity index (χ0) is 16.8. The van der Waals surface area contributed by atoms with Crippen molar-refractivity contribution in [2.45, 2.75) is 6.42 Å². The van der Waals surface area contributed by atoms with Crippen LogP contribution >= 0.6 is 34.8 Å². The van der Waals surface area contributed by atoms with Crippen LogP contribution in [0.5, 0.6) is 17.2 Å². The van der Waals surface area contributed by atoms with Crippen LogP contribution < -0.4 is 9.47 Å². The summed E-state index contributed by atoms with van der Waals surface area (Å²) in [5, 5.41) is 11.9. The van der Waals surface area contributed by atoms with Gasteiger partial charge in [-0.1, -0.05) is 23.2 Å². The normalized spacial score (nSPS) is 10.4. The van der Waals surface area contributed by atoms with Gasteiger partial charge in [0.05, 0.1) is 16.6 Å². The highest BCUT2D eigenvalue weighted by atomic mass is 35.5. The van der Waals surface area contributed by atoms with E-state index in [4.69, 9.17) is 44.3 Å². The van der Waals surface area contributed by atoms with Crippen molar-refractivity contribution in [2.75, 3.05) is 12.5 Å². The Morgan fingerprint density at radius 3 is 2.52 bits per heavy atom. The number of hydrogen-bond acceptors (Lipinski definition) is 4. The molecule has 0 radical (unpaired) electrons. The molecule has 5 nitrogen and oxygen atoms in total. The highest BCUT2D eigenvalue weighted by Gasteiger charge is 2.17. The van der Waals surface area contributed by atoms with Crippen molar-refractivity contribution in [3.05, 3.63) is 56.6 Å². The van der Waals surface area contributed by atoms with Gasteiger partial charge >= 0.3 is 5.69 Å². The Labute approximate surface area is 147 Å². The van der Waals surface area contributed by atoms with Gasteiger partial charge in [0.1, 0.15) is 11.5 Å². The zero-order valence-electron chi connectivity index (χ0n) is 11.8. The number of benzene rings is 2. The maximum Gasteiger partial charge on any atom is 0.311 e. The van der Waals surface area contributed by atoms with Gasteiger partial charge in [0, 0.05) is 23.0 Å². The van der Waals surface area contributed by atoms with Gasteiger partial charge in [-0.3, -0.25) is 10.1 Å². The van der Waals surface area contributed by atoms with Gasteiger partial charge in [0.25, 0.3) is 0 Å². The first kappa shape index (κ1) is 17.7. The Bertz CT molecular complexity index is 709. The largest absolute Gasteiger partial charge is 0.487 e. The van der Waals surface area contributed by atoms with E-state index in [0.29, 0.717) is 33.8 Å². The molecule has 0 bridgehead atoms. The number of nitro groups is 1. The molecule has 2 aromatic carbocycles. The molecule has 122 valence electrons. The summed E-state index contributed by atoms with van der Waals surface area (Å²) in [5.41, 5.74) is -0.144. The lowest BCUT2D eigenvalue weighted by Gasteiger charge is -2.10. The SMILES string of the molecule is O=[N+]([O-])c1ccc(Oc2ccc(Cl)cc2Cl)cc1OCCCCl. The van der Waals surface area contributed by atoms with E-state index < -0.39 is 4.92 Å². The molecule has 0 aliphatic carbocycles. The van der Waals surface area contributed by atoms with Crippen molar-refractivity contribution in [1.82, 2.24) is 0 Å². The molecule has 8 heteroatoms. The van der Waals surface area contributed by atoms with Crippen molar-refractivity contribution in [2.24, 2.45) is 0 Å². The lowest BCUT2D eigenvalue weighted by atomic mass is 10.2. The molecule has 2 aromatic rings. The summed E-state index contributed by atoms with van der Waals surface area (Å²) in [6, 6.07) is 9.01. The fourth-order valence-corrected chi connectivity index (χ4v) is 2.30. The van der Waals surface area contributed by atoms with Gasteiger partial charge < -0.3 is 9.47 Å². The molecule has 0 fully saturated rings. The van der Waals surface area contributed by atoms with Crippen LogP contribution in [0.15, 0.2) is 36.4 Å². The minimum Gasteiger partial charge on any atom is -0.487 e. The average Bonchev–Trinajstić information content (AvgIpc) is 2.50. The second-order valence-corrected chi connectivity index (χ2v) is 5.68. The summed E-state index contributed by atoms with van der Waals surface area (Å²) < 4.78 is 11.0. The second kappa shape index (κ2) is 8.24. The molecule has 0 saturated carbocycles. The summed E-state index contributed by atoms with van der Waals surface area (Å²) >= 11 is 17.4. The summed E-state index contributed by atoms with van der Waals surface area (Å²) in [6.45, 7) is 0.273. The third-order valence-electron chi connectivity index (χ3n) is 2.79. The van der Waals surface area contributed by atoms with Gasteiger partial charge in [0.15, 0.2) is 0 Å². The second-order valence-electron chi connectivity index (χ2n) is 4.45. The van der Waals surface area contributed by atoms with Crippen LogP contribution in [0.25, 0.3) is 0 Å². The molecule has 0 aromatic heterocycles. The van der Waals surface area contributed by atoms with Crippen LogP contribution in [-0.2, 0) is 0 Å². The average molecular weight is 377 g/mol. The third kappa shape index (κ3) is 4.89. The number of rotatable bonds is 7. The van der Waals surface area contributed by atoms with Crippen molar-refractivity contribution < 1.29 is 14.4 Å². The molecular formula is C15H12Cl3NO4. The fourth-order valence-electron chi connectivity index (χ4n) is 1.75. The Balaban J connectivity index is 2.25. The lowest BCUT2D eigenvalue weighted by Crippen LogP contribution is -2.01. The standard InChI is InChI=1S/C15H12Cl3NO4/c16-6-1-7-22-15-9-11(3-4-13(15)19(20)21)23-14-5-2-10(17)8-12(14)18/h2-5,8-9H,1,6-7H2. The van der Waals surface area contributed by atoms with Crippen LogP contribution in [0, 0.1) is 10.1 Å². The molecule has 2 rings (SSSR count). The summed E-state index contributed by atoms with van der Waals surface area (Å²) in [6.07, 6.45) is 0.576. The number of hydrogen-bond donors (Lipinski definition) is 0. The van der Waals surface area contributed by atoms with E-state index in [1.54, 1.807) is 18.2 Å². The topological polar surface area (TPSA) is 61.6 Å². The Morgan fingerprint density at radius 1 is 1.09 bits per heavy atom. The molecule has 0 unspecified atom stereocenters.